The zero-order chi connectivity index (χ0) is 12.2. The Bertz CT molecular complexity index is 442. The van der Waals surface area contributed by atoms with E-state index in [-0.39, 0.29) is 18.0 Å². The Balaban J connectivity index is 1.94. The molecule has 3 aliphatic rings. The predicted molar refractivity (Wildman–Crippen MR) is 66.8 cm³/mol. The van der Waals surface area contributed by atoms with E-state index in [9.17, 15) is 4.79 Å². The van der Waals surface area contributed by atoms with Crippen LogP contribution < -0.4 is 0 Å². The number of ether oxygens (including phenoxy) is 2. The maximum atomic E-state index is 12.0. The molecule has 2 atom stereocenters. The molecule has 0 N–H and O–H groups in total. The van der Waals surface area contributed by atoms with Crippen molar-refractivity contribution in [3.63, 3.8) is 0 Å². The van der Waals surface area contributed by atoms with Crippen LogP contribution in [0.25, 0.3) is 0 Å². The van der Waals surface area contributed by atoms with Crippen LogP contribution in [0.1, 0.15) is 19.3 Å². The van der Waals surface area contributed by atoms with Crippen LogP contribution in [-0.4, -0.2) is 20.1 Å². The lowest BCUT2D eigenvalue weighted by atomic mass is 9.89. The Labute approximate surface area is 102 Å². The van der Waals surface area contributed by atoms with Crippen molar-refractivity contribution in [2.45, 2.75) is 45.2 Å². The van der Waals surface area contributed by atoms with Crippen LogP contribution in [0.15, 0.2) is 22.8 Å². The summed E-state index contributed by atoms with van der Waals surface area (Å²) in [5.74, 6) is 1.22. The molecule has 0 bridgehead atoms. The number of fused-ring (bicyclic) bond motifs is 2. The number of hydrogen-bond donors (Lipinski definition) is 0. The minimum atomic E-state index is -1.44. The van der Waals surface area contributed by atoms with E-state index < -0.39 is 8.07 Å². The van der Waals surface area contributed by atoms with Gasteiger partial charge in [0.1, 0.15) is 13.8 Å². The molecular formula is C13H18O3Si. The van der Waals surface area contributed by atoms with Gasteiger partial charge in [0.25, 0.3) is 0 Å². The van der Waals surface area contributed by atoms with Gasteiger partial charge in [-0.25, -0.2) is 0 Å². The lowest BCUT2D eigenvalue weighted by Crippen LogP contribution is -2.26. The topological polar surface area (TPSA) is 35.5 Å². The fraction of sp³-hybridized carbons (Fsp3) is 0.615. The molecule has 0 amide bonds. The van der Waals surface area contributed by atoms with Crippen LogP contribution in [0.2, 0.25) is 19.6 Å². The molecule has 0 fully saturated rings. The van der Waals surface area contributed by atoms with Gasteiger partial charge in [0.05, 0.1) is 11.3 Å². The third-order valence-corrected chi connectivity index (χ3v) is 5.37. The van der Waals surface area contributed by atoms with Gasteiger partial charge in [-0.15, -0.1) is 0 Å². The van der Waals surface area contributed by atoms with Gasteiger partial charge in [-0.3, -0.25) is 4.79 Å². The highest BCUT2D eigenvalue weighted by Gasteiger charge is 2.47. The first-order valence-electron chi connectivity index (χ1n) is 6.28. The molecule has 0 unspecified atom stereocenters. The second kappa shape index (κ2) is 3.48. The minimum Gasteiger partial charge on any atom is -0.464 e. The summed E-state index contributed by atoms with van der Waals surface area (Å²) in [6.07, 6.45) is 4.38. The van der Waals surface area contributed by atoms with E-state index in [1.807, 2.05) is 0 Å². The monoisotopic (exact) mass is 250 g/mol. The van der Waals surface area contributed by atoms with Crippen molar-refractivity contribution in [2.24, 2.45) is 5.92 Å². The highest BCUT2D eigenvalue weighted by atomic mass is 28.3. The van der Waals surface area contributed by atoms with Crippen LogP contribution >= 0.6 is 0 Å². The van der Waals surface area contributed by atoms with Crippen LogP contribution in [-0.2, 0) is 14.3 Å². The third-order valence-electron chi connectivity index (χ3n) is 3.61. The highest BCUT2D eigenvalue weighted by Crippen LogP contribution is 2.45. The maximum Gasteiger partial charge on any atom is 0.250 e. The second-order valence-electron chi connectivity index (χ2n) is 6.02. The van der Waals surface area contributed by atoms with Gasteiger partial charge in [0.15, 0.2) is 5.78 Å². The summed E-state index contributed by atoms with van der Waals surface area (Å²) in [7, 11) is -1.44. The fourth-order valence-corrected chi connectivity index (χ4v) is 3.84. The van der Waals surface area contributed by atoms with Gasteiger partial charge in [0, 0.05) is 18.4 Å². The maximum absolute atomic E-state index is 12.0. The number of rotatable bonds is 1. The van der Waals surface area contributed by atoms with Crippen LogP contribution in [0.3, 0.4) is 0 Å². The number of allylic oxidation sites excluding steroid dienone is 1. The summed E-state index contributed by atoms with van der Waals surface area (Å²) in [6, 6.07) is 0. The first-order valence-corrected chi connectivity index (χ1v) is 9.78. The molecule has 0 saturated heterocycles. The summed E-state index contributed by atoms with van der Waals surface area (Å²) in [6.45, 7) is 6.74. The minimum absolute atomic E-state index is 0.0690. The van der Waals surface area contributed by atoms with Crippen molar-refractivity contribution >= 4 is 13.9 Å². The quantitative estimate of drug-likeness (QED) is 0.671. The van der Waals surface area contributed by atoms with E-state index in [1.165, 1.54) is 0 Å². The Morgan fingerprint density at radius 2 is 2.00 bits per heavy atom. The molecule has 0 aromatic carbocycles. The van der Waals surface area contributed by atoms with Gasteiger partial charge < -0.3 is 9.47 Å². The molecule has 3 rings (SSSR count). The number of hydrogen-bond acceptors (Lipinski definition) is 3. The van der Waals surface area contributed by atoms with E-state index >= 15 is 0 Å². The number of Topliss-reactive ketones (excluding diaryl/α,β-unsaturated/α-hetero) is 1. The summed E-state index contributed by atoms with van der Waals surface area (Å²) >= 11 is 0. The molecule has 17 heavy (non-hydrogen) atoms. The lowest BCUT2D eigenvalue weighted by molar-refractivity contribution is -0.116. The second-order valence-corrected chi connectivity index (χ2v) is 11.0. The number of ketones is 1. The van der Waals surface area contributed by atoms with E-state index in [1.54, 1.807) is 0 Å². The van der Waals surface area contributed by atoms with Gasteiger partial charge in [-0.2, -0.15) is 0 Å². The first-order chi connectivity index (χ1) is 7.97. The SMILES string of the molecule is C[Si](C)(C)C1=C[C@H]2C3=C(CCCC3=O)O[C@H]2O1. The molecule has 0 saturated carbocycles. The molecule has 0 radical (unpaired) electrons. The van der Waals surface area contributed by atoms with Crippen molar-refractivity contribution < 1.29 is 14.3 Å². The summed E-state index contributed by atoms with van der Waals surface area (Å²) < 4.78 is 11.7. The average molecular weight is 250 g/mol. The summed E-state index contributed by atoms with van der Waals surface area (Å²) in [4.78, 5) is 12.0. The highest BCUT2D eigenvalue weighted by molar-refractivity contribution is 6.82. The molecule has 1 aliphatic carbocycles. The van der Waals surface area contributed by atoms with Crippen molar-refractivity contribution in [2.75, 3.05) is 0 Å². The van der Waals surface area contributed by atoms with Gasteiger partial charge in [-0.05, 0) is 12.5 Å². The smallest absolute Gasteiger partial charge is 0.250 e. The molecule has 4 heteroatoms. The average Bonchev–Trinajstić information content (AvgIpc) is 2.72. The first kappa shape index (κ1) is 11.1. The molecule has 0 aromatic rings. The lowest BCUT2D eigenvalue weighted by Gasteiger charge is -2.21. The Kier molecular flexibility index (Phi) is 2.27. The Morgan fingerprint density at radius 1 is 1.24 bits per heavy atom. The van der Waals surface area contributed by atoms with Crippen molar-refractivity contribution in [3.05, 3.63) is 22.8 Å². The fourth-order valence-electron chi connectivity index (χ4n) is 2.69. The van der Waals surface area contributed by atoms with Crippen molar-refractivity contribution in [1.29, 1.82) is 0 Å². The Morgan fingerprint density at radius 3 is 2.71 bits per heavy atom. The van der Waals surface area contributed by atoms with E-state index in [0.29, 0.717) is 6.42 Å². The van der Waals surface area contributed by atoms with Gasteiger partial charge >= 0.3 is 0 Å². The molecule has 0 aromatic heterocycles. The van der Waals surface area contributed by atoms with Crippen molar-refractivity contribution in [3.8, 4) is 0 Å². The van der Waals surface area contributed by atoms with Crippen molar-refractivity contribution in [1.82, 2.24) is 0 Å². The molecule has 2 aliphatic heterocycles. The molecule has 2 heterocycles. The predicted octanol–water partition coefficient (Wildman–Crippen LogP) is 2.76. The van der Waals surface area contributed by atoms with Crippen LogP contribution in [0.5, 0.6) is 0 Å². The van der Waals surface area contributed by atoms with E-state index in [2.05, 4.69) is 25.7 Å². The largest absolute Gasteiger partial charge is 0.464 e. The zero-order valence-corrected chi connectivity index (χ0v) is 11.6. The summed E-state index contributed by atoms with van der Waals surface area (Å²) in [5.41, 5.74) is 0.898. The standard InChI is InChI=1S/C13H18O3Si/c1-17(2,3)11-7-8-12-9(14)5-4-6-10(12)15-13(8)16-11/h7-8,13H,4-6H2,1-3H3/t8-,13-/m0/s1. The molecular weight excluding hydrogens is 232 g/mol. The van der Waals surface area contributed by atoms with Crippen LogP contribution in [0, 0.1) is 5.92 Å². The Hall–Kier alpha value is -1.03. The number of carbonyl (C=O) groups excluding carboxylic acids is 1. The van der Waals surface area contributed by atoms with E-state index in [0.717, 1.165) is 29.6 Å². The van der Waals surface area contributed by atoms with Gasteiger partial charge in [0.2, 0.25) is 6.29 Å². The normalized spacial score (nSPS) is 31.7. The number of carbonyl (C=O) groups is 1. The third kappa shape index (κ3) is 1.66. The van der Waals surface area contributed by atoms with E-state index in [4.69, 9.17) is 9.47 Å². The molecule has 92 valence electrons. The van der Waals surface area contributed by atoms with Gasteiger partial charge in [-0.1, -0.05) is 19.6 Å². The molecule has 3 nitrogen and oxygen atoms in total. The molecule has 0 spiro atoms. The van der Waals surface area contributed by atoms with Crippen LogP contribution in [0.4, 0.5) is 0 Å². The summed E-state index contributed by atoms with van der Waals surface area (Å²) in [5, 5.41) is 1.08. The zero-order valence-electron chi connectivity index (χ0n) is 10.6.